The van der Waals surface area contributed by atoms with Gasteiger partial charge >= 0.3 is 5.97 Å². The lowest BCUT2D eigenvalue weighted by atomic mass is 9.90. The maximum Gasteiger partial charge on any atom is 0.309 e. The molecular weight excluding hydrogens is 210 g/mol. The van der Waals surface area contributed by atoms with Crippen molar-refractivity contribution in [2.45, 2.75) is 25.3 Å². The van der Waals surface area contributed by atoms with E-state index in [-0.39, 0.29) is 24.0 Å². The fraction of sp³-hybridized carbons (Fsp3) is 0.909. The second-order valence-electron chi connectivity index (χ2n) is 4.36. The highest BCUT2D eigenvalue weighted by molar-refractivity contribution is 5.72. The highest BCUT2D eigenvalue weighted by atomic mass is 16.5. The minimum atomic E-state index is -0.291. The van der Waals surface area contributed by atoms with Crippen LogP contribution in [0.2, 0.25) is 0 Å². The van der Waals surface area contributed by atoms with Crippen LogP contribution in [0.3, 0.4) is 0 Å². The molecule has 0 aromatic rings. The second kappa shape index (κ2) is 6.18. The monoisotopic (exact) mass is 231 g/mol. The molecule has 1 unspecified atom stereocenters. The van der Waals surface area contributed by atoms with Crippen LogP contribution in [0.15, 0.2) is 0 Å². The lowest BCUT2D eigenvalue weighted by Gasteiger charge is -2.37. The van der Waals surface area contributed by atoms with Crippen LogP contribution in [0.5, 0.6) is 0 Å². The Bertz CT molecular complexity index is 226. The highest BCUT2D eigenvalue weighted by Crippen LogP contribution is 2.20. The van der Waals surface area contributed by atoms with Crippen molar-refractivity contribution < 1.29 is 19.4 Å². The van der Waals surface area contributed by atoms with Gasteiger partial charge in [0, 0.05) is 25.3 Å². The molecule has 0 radical (unpaired) electrons. The molecule has 1 rings (SSSR count). The minimum Gasteiger partial charge on any atom is -0.469 e. The molecule has 2 N–H and O–H groups in total. The Morgan fingerprint density at radius 2 is 2.19 bits per heavy atom. The Kier molecular flexibility index (Phi) is 5.18. The van der Waals surface area contributed by atoms with Crippen LogP contribution >= 0.6 is 0 Å². The van der Waals surface area contributed by atoms with Gasteiger partial charge in [0.15, 0.2) is 0 Å². The van der Waals surface area contributed by atoms with Gasteiger partial charge in [-0.3, -0.25) is 4.79 Å². The summed E-state index contributed by atoms with van der Waals surface area (Å²) >= 11 is 0. The largest absolute Gasteiger partial charge is 0.469 e. The first-order valence-corrected chi connectivity index (χ1v) is 5.65. The Morgan fingerprint density at radius 3 is 2.69 bits per heavy atom. The SMILES string of the molecule is COC(=O)C(C)CNC1(CO)CCOCC1. The van der Waals surface area contributed by atoms with E-state index in [2.05, 4.69) is 10.1 Å². The van der Waals surface area contributed by atoms with Gasteiger partial charge in [0.2, 0.25) is 0 Å². The molecule has 5 nitrogen and oxygen atoms in total. The smallest absolute Gasteiger partial charge is 0.309 e. The summed E-state index contributed by atoms with van der Waals surface area (Å²) in [6.45, 7) is 3.71. The molecule has 1 aliphatic heterocycles. The predicted octanol–water partition coefficient (Wildman–Crippen LogP) is -0.0734. The van der Waals surface area contributed by atoms with Gasteiger partial charge in [-0.05, 0) is 12.8 Å². The lowest BCUT2D eigenvalue weighted by Crippen LogP contribution is -2.53. The normalized spacial score (nSPS) is 21.4. The van der Waals surface area contributed by atoms with Crippen molar-refractivity contribution in [1.29, 1.82) is 0 Å². The summed E-state index contributed by atoms with van der Waals surface area (Å²) in [5, 5.41) is 12.7. The molecule has 1 fully saturated rings. The van der Waals surface area contributed by atoms with Gasteiger partial charge in [0.25, 0.3) is 0 Å². The fourth-order valence-corrected chi connectivity index (χ4v) is 1.81. The lowest BCUT2D eigenvalue weighted by molar-refractivity contribution is -0.144. The Labute approximate surface area is 96.1 Å². The van der Waals surface area contributed by atoms with Crippen molar-refractivity contribution in [1.82, 2.24) is 5.32 Å². The Morgan fingerprint density at radius 1 is 1.56 bits per heavy atom. The van der Waals surface area contributed by atoms with E-state index < -0.39 is 0 Å². The molecule has 0 bridgehead atoms. The zero-order valence-electron chi connectivity index (χ0n) is 9.99. The summed E-state index contributed by atoms with van der Waals surface area (Å²) in [4.78, 5) is 11.2. The first kappa shape index (κ1) is 13.4. The number of methoxy groups -OCH3 is 1. The van der Waals surface area contributed by atoms with Crippen LogP contribution < -0.4 is 5.32 Å². The molecule has 5 heteroatoms. The molecule has 0 spiro atoms. The molecule has 0 amide bonds. The molecule has 16 heavy (non-hydrogen) atoms. The number of aliphatic hydroxyl groups excluding tert-OH is 1. The van der Waals surface area contributed by atoms with E-state index in [9.17, 15) is 9.90 Å². The summed E-state index contributed by atoms with van der Waals surface area (Å²) in [5.41, 5.74) is -0.291. The first-order chi connectivity index (χ1) is 7.63. The maximum absolute atomic E-state index is 11.2. The summed E-state index contributed by atoms with van der Waals surface area (Å²) in [6, 6.07) is 0. The van der Waals surface area contributed by atoms with Gasteiger partial charge in [-0.25, -0.2) is 0 Å². The molecule has 1 atom stereocenters. The van der Waals surface area contributed by atoms with Gasteiger partial charge in [0.05, 0.1) is 19.6 Å². The molecule has 0 saturated carbocycles. The van der Waals surface area contributed by atoms with Crippen LogP contribution in [-0.2, 0) is 14.3 Å². The fourth-order valence-electron chi connectivity index (χ4n) is 1.81. The van der Waals surface area contributed by atoms with Crippen molar-refractivity contribution in [2.24, 2.45) is 5.92 Å². The average Bonchev–Trinajstić information content (AvgIpc) is 2.36. The van der Waals surface area contributed by atoms with Gasteiger partial charge < -0.3 is 19.9 Å². The van der Waals surface area contributed by atoms with Crippen LogP contribution in [-0.4, -0.2) is 50.1 Å². The molecule has 1 aliphatic rings. The van der Waals surface area contributed by atoms with Crippen LogP contribution in [0.4, 0.5) is 0 Å². The molecule has 1 heterocycles. The minimum absolute atomic E-state index is 0.0737. The summed E-state index contributed by atoms with van der Waals surface area (Å²) in [6.07, 6.45) is 1.55. The zero-order chi connectivity index (χ0) is 12.0. The second-order valence-corrected chi connectivity index (χ2v) is 4.36. The van der Waals surface area contributed by atoms with Crippen molar-refractivity contribution in [3.63, 3.8) is 0 Å². The summed E-state index contributed by atoms with van der Waals surface area (Å²) < 4.78 is 9.91. The average molecular weight is 231 g/mol. The van der Waals surface area contributed by atoms with E-state index in [1.54, 1.807) is 0 Å². The molecule has 0 aromatic carbocycles. The third-order valence-corrected chi connectivity index (χ3v) is 3.14. The molecule has 1 saturated heterocycles. The van der Waals surface area contributed by atoms with E-state index >= 15 is 0 Å². The number of esters is 1. The molecule has 0 aliphatic carbocycles. The highest BCUT2D eigenvalue weighted by Gasteiger charge is 2.32. The molecular formula is C11H21NO4. The molecule has 94 valence electrons. The van der Waals surface area contributed by atoms with Gasteiger partial charge in [-0.1, -0.05) is 6.92 Å². The van der Waals surface area contributed by atoms with E-state index in [1.807, 2.05) is 6.92 Å². The third-order valence-electron chi connectivity index (χ3n) is 3.14. The molecule has 0 aromatic heterocycles. The standard InChI is InChI=1S/C11H21NO4/c1-9(10(14)15-2)7-12-11(8-13)3-5-16-6-4-11/h9,12-13H,3-8H2,1-2H3. The van der Waals surface area contributed by atoms with E-state index in [1.165, 1.54) is 7.11 Å². The Hall–Kier alpha value is -0.650. The number of carbonyl (C=O) groups is 1. The number of rotatable bonds is 5. The number of carbonyl (C=O) groups excluding carboxylic acids is 1. The van der Waals surface area contributed by atoms with Crippen LogP contribution in [0, 0.1) is 5.92 Å². The van der Waals surface area contributed by atoms with Crippen molar-refractivity contribution in [2.75, 3.05) is 33.5 Å². The summed E-state index contributed by atoms with van der Waals surface area (Å²) in [7, 11) is 1.38. The van der Waals surface area contributed by atoms with Gasteiger partial charge in [-0.2, -0.15) is 0 Å². The van der Waals surface area contributed by atoms with Crippen LogP contribution in [0.25, 0.3) is 0 Å². The van der Waals surface area contributed by atoms with Crippen molar-refractivity contribution >= 4 is 5.97 Å². The maximum atomic E-state index is 11.2. The van der Waals surface area contributed by atoms with Crippen LogP contribution in [0.1, 0.15) is 19.8 Å². The third kappa shape index (κ3) is 3.43. The van der Waals surface area contributed by atoms with Crippen molar-refractivity contribution in [3.05, 3.63) is 0 Å². The van der Waals surface area contributed by atoms with Gasteiger partial charge in [-0.15, -0.1) is 0 Å². The van der Waals surface area contributed by atoms with E-state index in [0.29, 0.717) is 19.8 Å². The number of ether oxygens (including phenoxy) is 2. The Balaban J connectivity index is 2.41. The summed E-state index contributed by atoms with van der Waals surface area (Å²) in [5.74, 6) is -0.427. The zero-order valence-corrected chi connectivity index (χ0v) is 9.99. The number of aliphatic hydroxyl groups is 1. The van der Waals surface area contributed by atoms with E-state index in [0.717, 1.165) is 12.8 Å². The number of hydrogen-bond acceptors (Lipinski definition) is 5. The quantitative estimate of drug-likeness (QED) is 0.648. The van der Waals surface area contributed by atoms with E-state index in [4.69, 9.17) is 4.74 Å². The first-order valence-electron chi connectivity index (χ1n) is 5.65. The van der Waals surface area contributed by atoms with Crippen molar-refractivity contribution in [3.8, 4) is 0 Å². The number of nitrogens with one attached hydrogen (secondary N) is 1. The predicted molar refractivity (Wildman–Crippen MR) is 59.1 cm³/mol. The van der Waals surface area contributed by atoms with Gasteiger partial charge in [0.1, 0.15) is 0 Å². The number of hydrogen-bond donors (Lipinski definition) is 2. The topological polar surface area (TPSA) is 67.8 Å².